The summed E-state index contributed by atoms with van der Waals surface area (Å²) in [6.45, 7) is 4.95. The van der Waals surface area contributed by atoms with Crippen LogP contribution in [-0.2, 0) is 6.54 Å². The Morgan fingerprint density at radius 3 is 2.33 bits per heavy atom. The quantitative estimate of drug-likeness (QED) is 0.650. The molecule has 0 unspecified atom stereocenters. The van der Waals surface area contributed by atoms with E-state index in [1.54, 1.807) is 29.2 Å². The smallest absolute Gasteiger partial charge is 0.275 e. The lowest BCUT2D eigenvalue weighted by molar-refractivity contribution is 0.0740. The van der Waals surface area contributed by atoms with Crippen LogP contribution in [-0.4, -0.2) is 46.8 Å². The van der Waals surface area contributed by atoms with Crippen LogP contribution in [0.5, 0.6) is 0 Å². The SMILES string of the molecule is CCCCn1nc(C(=O)N2CCN(c3ccc(F)cc3)CC2)c2ccccc2c1=O. The van der Waals surface area contributed by atoms with Crippen LogP contribution in [0.25, 0.3) is 10.8 Å². The summed E-state index contributed by atoms with van der Waals surface area (Å²) in [6.07, 6.45) is 1.77. The van der Waals surface area contributed by atoms with E-state index in [-0.39, 0.29) is 17.3 Å². The van der Waals surface area contributed by atoms with Crippen LogP contribution < -0.4 is 10.5 Å². The summed E-state index contributed by atoms with van der Waals surface area (Å²) in [5.74, 6) is -0.418. The van der Waals surface area contributed by atoms with Crippen molar-refractivity contribution in [2.75, 3.05) is 31.1 Å². The van der Waals surface area contributed by atoms with Gasteiger partial charge in [0.2, 0.25) is 0 Å². The molecule has 0 bridgehead atoms. The number of aromatic nitrogens is 2. The molecule has 1 saturated heterocycles. The lowest BCUT2D eigenvalue weighted by Gasteiger charge is -2.36. The van der Waals surface area contributed by atoms with Gasteiger partial charge in [-0.1, -0.05) is 31.5 Å². The topological polar surface area (TPSA) is 58.4 Å². The largest absolute Gasteiger partial charge is 0.368 e. The first-order chi connectivity index (χ1) is 14.6. The highest BCUT2D eigenvalue weighted by molar-refractivity contribution is 6.04. The number of aryl methyl sites for hydroxylation is 1. The van der Waals surface area contributed by atoms with E-state index in [0.29, 0.717) is 49.2 Å². The predicted octanol–water partition coefficient (Wildman–Crippen LogP) is 3.30. The van der Waals surface area contributed by atoms with Crippen LogP contribution in [0.2, 0.25) is 0 Å². The molecule has 6 nitrogen and oxygen atoms in total. The fourth-order valence-corrected chi connectivity index (χ4v) is 3.82. The highest BCUT2D eigenvalue weighted by Crippen LogP contribution is 2.20. The second-order valence-corrected chi connectivity index (χ2v) is 7.53. The average molecular weight is 408 g/mol. The van der Waals surface area contributed by atoms with Crippen molar-refractivity contribution >= 4 is 22.4 Å². The first-order valence-electron chi connectivity index (χ1n) is 10.4. The molecule has 1 aromatic heterocycles. The van der Waals surface area contributed by atoms with Crippen LogP contribution in [0.4, 0.5) is 10.1 Å². The number of piperazine rings is 1. The summed E-state index contributed by atoms with van der Waals surface area (Å²) in [4.78, 5) is 30.0. The Hall–Kier alpha value is -3.22. The molecular formula is C23H25FN4O2. The number of amides is 1. The molecule has 1 fully saturated rings. The number of carbonyl (C=O) groups is 1. The molecule has 156 valence electrons. The maximum Gasteiger partial charge on any atom is 0.275 e. The van der Waals surface area contributed by atoms with E-state index in [4.69, 9.17) is 0 Å². The third-order valence-corrected chi connectivity index (χ3v) is 5.55. The molecule has 2 heterocycles. The number of hydrogen-bond donors (Lipinski definition) is 0. The molecule has 0 atom stereocenters. The number of unbranched alkanes of at least 4 members (excludes halogenated alkanes) is 1. The van der Waals surface area contributed by atoms with E-state index in [0.717, 1.165) is 18.5 Å². The lowest BCUT2D eigenvalue weighted by Crippen LogP contribution is -2.49. The summed E-state index contributed by atoms with van der Waals surface area (Å²) in [7, 11) is 0. The van der Waals surface area contributed by atoms with Crippen molar-refractivity contribution in [2.45, 2.75) is 26.3 Å². The molecular weight excluding hydrogens is 383 g/mol. The molecule has 1 aliphatic heterocycles. The normalized spacial score (nSPS) is 14.3. The molecule has 3 aromatic rings. The Balaban J connectivity index is 1.58. The molecule has 0 saturated carbocycles. The molecule has 2 aromatic carbocycles. The van der Waals surface area contributed by atoms with Gasteiger partial charge < -0.3 is 9.80 Å². The highest BCUT2D eigenvalue weighted by Gasteiger charge is 2.26. The number of nitrogens with zero attached hydrogens (tertiary/aromatic N) is 4. The minimum absolute atomic E-state index is 0.156. The molecule has 30 heavy (non-hydrogen) atoms. The molecule has 0 aliphatic carbocycles. The third kappa shape index (κ3) is 3.92. The molecule has 1 amide bonds. The van der Waals surface area contributed by atoms with E-state index in [1.807, 2.05) is 12.1 Å². The summed E-state index contributed by atoms with van der Waals surface area (Å²) >= 11 is 0. The van der Waals surface area contributed by atoms with E-state index >= 15 is 0 Å². The number of anilines is 1. The van der Waals surface area contributed by atoms with Crippen molar-refractivity contribution < 1.29 is 9.18 Å². The van der Waals surface area contributed by atoms with Crippen molar-refractivity contribution in [1.29, 1.82) is 0 Å². The van der Waals surface area contributed by atoms with Crippen LogP contribution in [0.3, 0.4) is 0 Å². The summed E-state index contributed by atoms with van der Waals surface area (Å²) in [6, 6.07) is 13.6. The molecule has 0 N–H and O–H groups in total. The molecule has 1 aliphatic rings. The maximum atomic E-state index is 13.3. The second kappa shape index (κ2) is 8.65. The first-order valence-corrected chi connectivity index (χ1v) is 10.4. The fourth-order valence-electron chi connectivity index (χ4n) is 3.82. The molecule has 7 heteroatoms. The molecule has 0 spiro atoms. The Bertz CT molecular complexity index is 1100. The number of halogens is 1. The van der Waals surface area contributed by atoms with E-state index in [9.17, 15) is 14.0 Å². The van der Waals surface area contributed by atoms with E-state index in [1.165, 1.54) is 16.8 Å². The van der Waals surface area contributed by atoms with Gasteiger partial charge >= 0.3 is 0 Å². The van der Waals surface area contributed by atoms with Gasteiger partial charge in [0.1, 0.15) is 5.82 Å². The van der Waals surface area contributed by atoms with Gasteiger partial charge in [-0.2, -0.15) is 5.10 Å². The van der Waals surface area contributed by atoms with Crippen molar-refractivity contribution in [2.24, 2.45) is 0 Å². The third-order valence-electron chi connectivity index (χ3n) is 5.55. The Labute approximate surface area is 174 Å². The summed E-state index contributed by atoms with van der Waals surface area (Å²) in [5.41, 5.74) is 1.12. The zero-order valence-corrected chi connectivity index (χ0v) is 17.1. The number of hydrogen-bond acceptors (Lipinski definition) is 4. The van der Waals surface area contributed by atoms with Crippen LogP contribution in [0, 0.1) is 5.82 Å². The Kier molecular flexibility index (Phi) is 5.79. The molecule has 4 rings (SSSR count). The number of fused-ring (bicyclic) bond motifs is 1. The minimum Gasteiger partial charge on any atom is -0.368 e. The number of carbonyl (C=O) groups excluding carboxylic acids is 1. The van der Waals surface area contributed by atoms with Gasteiger partial charge in [0, 0.05) is 43.8 Å². The Morgan fingerprint density at radius 2 is 1.67 bits per heavy atom. The van der Waals surface area contributed by atoms with Gasteiger partial charge in [-0.25, -0.2) is 9.07 Å². The zero-order chi connectivity index (χ0) is 21.1. The van der Waals surface area contributed by atoms with Crippen molar-refractivity contribution in [3.05, 3.63) is 70.4 Å². The monoisotopic (exact) mass is 408 g/mol. The standard InChI is InChI=1S/C23H25FN4O2/c1-2-3-12-28-22(29)20-7-5-4-6-19(20)21(25-28)23(30)27-15-13-26(14-16-27)18-10-8-17(24)9-11-18/h4-11H,2-3,12-16H2,1H3. The van der Waals surface area contributed by atoms with Gasteiger partial charge in [-0.3, -0.25) is 9.59 Å². The van der Waals surface area contributed by atoms with E-state index < -0.39 is 0 Å². The first kappa shape index (κ1) is 20.1. The van der Waals surface area contributed by atoms with Gasteiger partial charge in [-0.05, 0) is 36.8 Å². The zero-order valence-electron chi connectivity index (χ0n) is 17.1. The minimum atomic E-state index is -0.260. The van der Waals surface area contributed by atoms with Crippen molar-refractivity contribution in [3.63, 3.8) is 0 Å². The van der Waals surface area contributed by atoms with Gasteiger partial charge in [0.15, 0.2) is 5.69 Å². The average Bonchev–Trinajstić information content (AvgIpc) is 2.79. The molecule has 0 radical (unpaired) electrons. The van der Waals surface area contributed by atoms with Gasteiger partial charge in [0.05, 0.1) is 5.39 Å². The van der Waals surface area contributed by atoms with Gasteiger partial charge in [-0.15, -0.1) is 0 Å². The summed E-state index contributed by atoms with van der Waals surface area (Å²) < 4.78 is 14.6. The number of benzene rings is 2. The second-order valence-electron chi connectivity index (χ2n) is 7.53. The van der Waals surface area contributed by atoms with Crippen LogP contribution in [0.15, 0.2) is 53.3 Å². The van der Waals surface area contributed by atoms with Crippen molar-refractivity contribution in [1.82, 2.24) is 14.7 Å². The van der Waals surface area contributed by atoms with Crippen molar-refractivity contribution in [3.8, 4) is 0 Å². The highest BCUT2D eigenvalue weighted by atomic mass is 19.1. The lowest BCUT2D eigenvalue weighted by atomic mass is 10.1. The summed E-state index contributed by atoms with van der Waals surface area (Å²) in [5, 5.41) is 5.58. The van der Waals surface area contributed by atoms with E-state index in [2.05, 4.69) is 16.9 Å². The number of rotatable bonds is 5. The predicted molar refractivity (Wildman–Crippen MR) is 115 cm³/mol. The van der Waals surface area contributed by atoms with Crippen LogP contribution >= 0.6 is 0 Å². The fraction of sp³-hybridized carbons (Fsp3) is 0.348. The van der Waals surface area contributed by atoms with Gasteiger partial charge in [0.25, 0.3) is 11.5 Å². The maximum absolute atomic E-state index is 13.3. The van der Waals surface area contributed by atoms with Crippen LogP contribution in [0.1, 0.15) is 30.3 Å². The Morgan fingerprint density at radius 1 is 1.00 bits per heavy atom.